The summed E-state index contributed by atoms with van der Waals surface area (Å²) in [5.74, 6) is 1.48. The Morgan fingerprint density at radius 2 is 1.90 bits per heavy atom. The molecule has 0 amide bonds. The molecule has 150 valence electrons. The normalized spacial score (nSPS) is 21.6. The Kier molecular flexibility index (Phi) is 4.62. The Morgan fingerprint density at radius 3 is 2.66 bits per heavy atom. The first kappa shape index (κ1) is 18.7. The number of hydrogen-bond donors (Lipinski definition) is 1. The fourth-order valence-corrected chi connectivity index (χ4v) is 4.41. The van der Waals surface area contributed by atoms with Gasteiger partial charge in [0.1, 0.15) is 0 Å². The molecule has 3 aromatic rings. The molecule has 29 heavy (non-hydrogen) atoms. The number of aromatic nitrogens is 1. The molecule has 0 unspecified atom stereocenters. The Morgan fingerprint density at radius 1 is 1.14 bits per heavy atom. The summed E-state index contributed by atoms with van der Waals surface area (Å²) >= 11 is 6.10. The first-order valence-corrected chi connectivity index (χ1v) is 10.3. The van der Waals surface area contributed by atoms with Gasteiger partial charge in [0.25, 0.3) is 0 Å². The SMILES string of the molecule is C[C@]1(O)CCCN(Cc2cc3cc4c(cc3nc2-c2ccc(Cl)cc2)OCO4)C1. The summed E-state index contributed by atoms with van der Waals surface area (Å²) in [6, 6.07) is 13.9. The Balaban J connectivity index is 1.60. The minimum atomic E-state index is -0.644. The van der Waals surface area contributed by atoms with Crippen LogP contribution in [0.2, 0.25) is 5.02 Å². The van der Waals surface area contributed by atoms with Gasteiger partial charge in [-0.1, -0.05) is 23.7 Å². The van der Waals surface area contributed by atoms with Crippen LogP contribution in [0.4, 0.5) is 0 Å². The molecule has 0 spiro atoms. The average molecular weight is 411 g/mol. The van der Waals surface area contributed by atoms with Crippen molar-refractivity contribution < 1.29 is 14.6 Å². The average Bonchev–Trinajstić information content (AvgIpc) is 3.13. The van der Waals surface area contributed by atoms with E-state index in [2.05, 4.69) is 11.0 Å². The van der Waals surface area contributed by atoms with Crippen LogP contribution < -0.4 is 9.47 Å². The molecule has 3 heterocycles. The van der Waals surface area contributed by atoms with E-state index >= 15 is 0 Å². The second-order valence-electron chi connectivity index (χ2n) is 8.21. The highest BCUT2D eigenvalue weighted by Crippen LogP contribution is 2.37. The van der Waals surface area contributed by atoms with Crippen LogP contribution in [0.3, 0.4) is 0 Å². The largest absolute Gasteiger partial charge is 0.454 e. The molecule has 0 radical (unpaired) electrons. The number of rotatable bonds is 3. The van der Waals surface area contributed by atoms with E-state index in [0.717, 1.165) is 65.2 Å². The summed E-state index contributed by atoms with van der Waals surface area (Å²) in [4.78, 5) is 7.29. The van der Waals surface area contributed by atoms with Crippen LogP contribution in [0.1, 0.15) is 25.3 Å². The van der Waals surface area contributed by atoms with E-state index < -0.39 is 5.60 Å². The van der Waals surface area contributed by atoms with Gasteiger partial charge in [0.05, 0.1) is 16.8 Å². The molecule has 1 aromatic heterocycles. The lowest BCUT2D eigenvalue weighted by atomic mass is 9.94. The van der Waals surface area contributed by atoms with Crippen LogP contribution in [-0.4, -0.2) is 40.5 Å². The van der Waals surface area contributed by atoms with Crippen molar-refractivity contribution in [3.8, 4) is 22.8 Å². The van der Waals surface area contributed by atoms with Crippen molar-refractivity contribution in [3.05, 3.63) is 53.1 Å². The Bertz CT molecular complexity index is 1070. The quantitative estimate of drug-likeness (QED) is 0.682. The number of likely N-dealkylation sites (tertiary alicyclic amines) is 1. The van der Waals surface area contributed by atoms with E-state index in [4.69, 9.17) is 26.1 Å². The predicted molar refractivity (Wildman–Crippen MR) is 113 cm³/mol. The maximum absolute atomic E-state index is 10.5. The van der Waals surface area contributed by atoms with E-state index in [1.165, 1.54) is 0 Å². The second kappa shape index (κ2) is 7.17. The van der Waals surface area contributed by atoms with Crippen LogP contribution in [0.15, 0.2) is 42.5 Å². The number of aliphatic hydroxyl groups is 1. The molecule has 0 saturated carbocycles. The minimum absolute atomic E-state index is 0.241. The van der Waals surface area contributed by atoms with Crippen molar-refractivity contribution in [2.75, 3.05) is 19.9 Å². The predicted octanol–water partition coefficient (Wildman–Crippen LogP) is 4.63. The highest BCUT2D eigenvalue weighted by atomic mass is 35.5. The van der Waals surface area contributed by atoms with Crippen molar-refractivity contribution in [1.82, 2.24) is 9.88 Å². The third-order valence-corrected chi connectivity index (χ3v) is 5.91. The molecule has 1 N–H and O–H groups in total. The van der Waals surface area contributed by atoms with Crippen molar-refractivity contribution in [2.24, 2.45) is 0 Å². The van der Waals surface area contributed by atoms with Crippen molar-refractivity contribution in [3.63, 3.8) is 0 Å². The van der Waals surface area contributed by atoms with Gasteiger partial charge >= 0.3 is 0 Å². The van der Waals surface area contributed by atoms with Gasteiger partial charge in [0.15, 0.2) is 11.5 Å². The third kappa shape index (κ3) is 3.78. The van der Waals surface area contributed by atoms with Crippen molar-refractivity contribution in [2.45, 2.75) is 31.9 Å². The maximum atomic E-state index is 10.5. The van der Waals surface area contributed by atoms with Gasteiger partial charge in [0, 0.05) is 35.1 Å². The van der Waals surface area contributed by atoms with Crippen LogP contribution in [0, 0.1) is 0 Å². The molecule has 0 bridgehead atoms. The summed E-state index contributed by atoms with van der Waals surface area (Å²) in [5, 5.41) is 12.2. The number of piperidine rings is 1. The molecular formula is C23H23ClN2O3. The number of ether oxygens (including phenoxy) is 2. The monoisotopic (exact) mass is 410 g/mol. The lowest BCUT2D eigenvalue weighted by Gasteiger charge is -2.37. The molecule has 5 rings (SSSR count). The number of benzene rings is 2. The smallest absolute Gasteiger partial charge is 0.231 e. The molecular weight excluding hydrogens is 388 g/mol. The van der Waals surface area contributed by atoms with E-state index in [1.54, 1.807) is 0 Å². The van der Waals surface area contributed by atoms with Crippen molar-refractivity contribution in [1.29, 1.82) is 0 Å². The molecule has 1 fully saturated rings. The van der Waals surface area contributed by atoms with Crippen LogP contribution >= 0.6 is 11.6 Å². The number of pyridine rings is 1. The van der Waals surface area contributed by atoms with E-state index in [1.807, 2.05) is 43.3 Å². The van der Waals surface area contributed by atoms with E-state index in [-0.39, 0.29) is 6.79 Å². The zero-order valence-electron chi connectivity index (χ0n) is 16.3. The van der Waals surface area contributed by atoms with Gasteiger partial charge in [-0.15, -0.1) is 0 Å². The fourth-order valence-electron chi connectivity index (χ4n) is 4.29. The van der Waals surface area contributed by atoms with Crippen LogP contribution in [0.25, 0.3) is 22.2 Å². The molecule has 5 nitrogen and oxygen atoms in total. The summed E-state index contributed by atoms with van der Waals surface area (Å²) < 4.78 is 11.1. The molecule has 6 heteroatoms. The highest BCUT2D eigenvalue weighted by molar-refractivity contribution is 6.30. The van der Waals surface area contributed by atoms with Gasteiger partial charge < -0.3 is 14.6 Å². The Hall–Kier alpha value is -2.34. The van der Waals surface area contributed by atoms with Gasteiger partial charge in [-0.2, -0.15) is 0 Å². The molecule has 0 aliphatic carbocycles. The minimum Gasteiger partial charge on any atom is -0.454 e. The van der Waals surface area contributed by atoms with Gasteiger partial charge in [-0.25, -0.2) is 4.98 Å². The number of β-amino-alcohol motifs (C(OH)–C–C–N with tert-alkyl or cyclic N) is 1. The first-order valence-electron chi connectivity index (χ1n) is 9.91. The van der Waals surface area contributed by atoms with Gasteiger partial charge in [0.2, 0.25) is 6.79 Å². The van der Waals surface area contributed by atoms with Gasteiger partial charge in [-0.05, 0) is 56.1 Å². The molecule has 2 aromatic carbocycles. The number of fused-ring (bicyclic) bond motifs is 2. The summed E-state index contributed by atoms with van der Waals surface area (Å²) in [5.41, 5.74) is 3.30. The van der Waals surface area contributed by atoms with E-state index in [9.17, 15) is 5.11 Å². The van der Waals surface area contributed by atoms with Crippen LogP contribution in [0.5, 0.6) is 11.5 Å². The third-order valence-electron chi connectivity index (χ3n) is 5.65. The second-order valence-corrected chi connectivity index (χ2v) is 8.65. The lowest BCUT2D eigenvalue weighted by Crippen LogP contribution is -2.45. The topological polar surface area (TPSA) is 54.8 Å². The van der Waals surface area contributed by atoms with Gasteiger partial charge in [-0.3, -0.25) is 4.90 Å². The molecule has 2 aliphatic rings. The van der Waals surface area contributed by atoms with Crippen LogP contribution in [-0.2, 0) is 6.54 Å². The summed E-state index contributed by atoms with van der Waals surface area (Å²) in [6.07, 6.45) is 1.83. The molecule has 1 atom stereocenters. The number of nitrogens with zero attached hydrogens (tertiary/aromatic N) is 2. The first-order chi connectivity index (χ1) is 14.0. The zero-order chi connectivity index (χ0) is 20.0. The molecule has 2 aliphatic heterocycles. The highest BCUT2D eigenvalue weighted by Gasteiger charge is 2.29. The maximum Gasteiger partial charge on any atom is 0.231 e. The fraction of sp³-hybridized carbons (Fsp3) is 0.348. The summed E-state index contributed by atoms with van der Waals surface area (Å²) in [7, 11) is 0. The zero-order valence-corrected chi connectivity index (χ0v) is 17.1. The van der Waals surface area contributed by atoms with E-state index in [0.29, 0.717) is 11.6 Å². The number of hydrogen-bond acceptors (Lipinski definition) is 5. The Labute approximate surface area is 174 Å². The standard InChI is InChI=1S/C23H23ClN2O3/c1-23(27)7-2-8-26(13-23)12-17-9-16-10-20-21(29-14-28-20)11-19(16)25-22(17)15-3-5-18(24)6-4-15/h3-6,9-11,27H,2,7-8,12-14H2,1H3/t23-/m0/s1. The van der Waals surface area contributed by atoms with Crippen molar-refractivity contribution >= 4 is 22.5 Å². The lowest BCUT2D eigenvalue weighted by molar-refractivity contribution is -0.0181. The summed E-state index contributed by atoms with van der Waals surface area (Å²) in [6.45, 7) is 4.51. The number of halogens is 1. The molecule has 1 saturated heterocycles.